The van der Waals surface area contributed by atoms with Gasteiger partial charge in [-0.05, 0) is 43.2 Å². The van der Waals surface area contributed by atoms with Gasteiger partial charge in [-0.1, -0.05) is 18.2 Å². The number of benzene rings is 1. The van der Waals surface area contributed by atoms with E-state index in [-0.39, 0.29) is 17.9 Å². The Bertz CT molecular complexity index is 890. The van der Waals surface area contributed by atoms with Crippen molar-refractivity contribution in [3.8, 4) is 0 Å². The fraction of sp³-hybridized carbons (Fsp3) is 0.565. The summed E-state index contributed by atoms with van der Waals surface area (Å²) in [5, 5.41) is 4.13. The van der Waals surface area contributed by atoms with E-state index in [9.17, 15) is 9.59 Å². The minimum atomic E-state index is -0.0249. The first-order chi connectivity index (χ1) is 14.1. The Morgan fingerprint density at radius 3 is 2.90 bits per heavy atom. The van der Waals surface area contributed by atoms with Crippen LogP contribution in [0.2, 0.25) is 0 Å². The van der Waals surface area contributed by atoms with Crippen LogP contribution in [-0.4, -0.2) is 53.3 Å². The van der Waals surface area contributed by atoms with E-state index in [0.717, 1.165) is 55.6 Å². The molecule has 2 amide bonds. The third kappa shape index (κ3) is 3.54. The maximum atomic E-state index is 12.8. The van der Waals surface area contributed by atoms with E-state index >= 15 is 0 Å². The molecule has 3 aliphatic rings. The molecule has 6 nitrogen and oxygen atoms in total. The first-order valence-electron chi connectivity index (χ1n) is 10.8. The van der Waals surface area contributed by atoms with Crippen LogP contribution in [0.4, 0.5) is 0 Å². The van der Waals surface area contributed by atoms with Gasteiger partial charge in [0.05, 0.1) is 12.6 Å². The van der Waals surface area contributed by atoms with Crippen molar-refractivity contribution in [1.29, 1.82) is 0 Å². The van der Waals surface area contributed by atoms with E-state index in [1.54, 1.807) is 6.92 Å². The molecule has 3 aliphatic heterocycles. The number of piperidine rings is 3. The second-order valence-electron chi connectivity index (χ2n) is 8.97. The third-order valence-electron chi connectivity index (χ3n) is 6.99. The molecule has 29 heavy (non-hydrogen) atoms. The monoisotopic (exact) mass is 395 g/mol. The number of carbonyl (C=O) groups excluding carboxylic acids is 2. The van der Waals surface area contributed by atoms with Crippen LogP contribution in [-0.2, 0) is 16.1 Å². The van der Waals surface area contributed by atoms with Crippen molar-refractivity contribution >= 4 is 22.8 Å². The quantitative estimate of drug-likeness (QED) is 0.865. The molecular weight excluding hydrogens is 366 g/mol. The molecule has 3 fully saturated rings. The van der Waals surface area contributed by atoms with Crippen molar-refractivity contribution in [2.75, 3.05) is 19.6 Å². The average Bonchev–Trinajstić information content (AvgIpc) is 3.10. The molecule has 0 spiro atoms. The highest BCUT2D eigenvalue weighted by atomic mass is 16.3. The highest BCUT2D eigenvalue weighted by Gasteiger charge is 2.49. The van der Waals surface area contributed by atoms with Crippen LogP contribution in [0.5, 0.6) is 0 Å². The van der Waals surface area contributed by atoms with Crippen molar-refractivity contribution in [3.63, 3.8) is 0 Å². The van der Waals surface area contributed by atoms with E-state index in [1.807, 2.05) is 18.2 Å². The van der Waals surface area contributed by atoms with E-state index < -0.39 is 0 Å². The molecule has 1 N–H and O–H groups in total. The molecule has 5 rings (SSSR count). The Hall–Kier alpha value is -2.34. The lowest BCUT2D eigenvalue weighted by molar-refractivity contribution is -0.153. The van der Waals surface area contributed by atoms with Crippen LogP contribution in [0.1, 0.15) is 38.4 Å². The van der Waals surface area contributed by atoms with Gasteiger partial charge < -0.3 is 14.6 Å². The zero-order valence-electron chi connectivity index (χ0n) is 17.0. The summed E-state index contributed by atoms with van der Waals surface area (Å²) in [5.74, 6) is 2.15. The van der Waals surface area contributed by atoms with Crippen LogP contribution in [0, 0.1) is 11.8 Å². The SMILES string of the molecule is CC(=O)NC[C@H]1[C@H]2C[C@H](CN(Cc3cc4ccccc4o3)C2)[C@@H]2CCCC(=O)N21. The van der Waals surface area contributed by atoms with Gasteiger partial charge in [-0.25, -0.2) is 0 Å². The normalized spacial score (nSPS) is 29.7. The maximum Gasteiger partial charge on any atom is 0.223 e. The average molecular weight is 396 g/mol. The predicted molar refractivity (Wildman–Crippen MR) is 110 cm³/mol. The molecule has 0 radical (unpaired) electrons. The van der Waals surface area contributed by atoms with Crippen molar-refractivity contribution in [3.05, 3.63) is 36.1 Å². The largest absolute Gasteiger partial charge is 0.460 e. The molecule has 6 heteroatoms. The molecule has 1 aromatic carbocycles. The topological polar surface area (TPSA) is 65.8 Å². The number of furan rings is 1. The Morgan fingerprint density at radius 2 is 2.07 bits per heavy atom. The fourth-order valence-electron chi connectivity index (χ4n) is 5.85. The lowest BCUT2D eigenvalue weighted by Gasteiger charge is -2.56. The summed E-state index contributed by atoms with van der Waals surface area (Å²) < 4.78 is 6.06. The second-order valence-corrected chi connectivity index (χ2v) is 8.97. The fourth-order valence-corrected chi connectivity index (χ4v) is 5.85. The van der Waals surface area contributed by atoms with Crippen LogP contribution in [0.15, 0.2) is 34.7 Å². The molecule has 154 valence electrons. The highest BCUT2D eigenvalue weighted by molar-refractivity contribution is 5.78. The van der Waals surface area contributed by atoms with Crippen molar-refractivity contribution in [2.45, 2.75) is 51.2 Å². The first kappa shape index (κ1) is 18.7. The van der Waals surface area contributed by atoms with Crippen LogP contribution in [0.3, 0.4) is 0 Å². The number of likely N-dealkylation sites (tertiary alicyclic amines) is 1. The van der Waals surface area contributed by atoms with Crippen molar-refractivity contribution in [2.24, 2.45) is 11.8 Å². The minimum absolute atomic E-state index is 0.0249. The van der Waals surface area contributed by atoms with Gasteiger partial charge in [-0.2, -0.15) is 0 Å². The third-order valence-corrected chi connectivity index (χ3v) is 6.99. The lowest BCUT2D eigenvalue weighted by Crippen LogP contribution is -2.66. The van der Waals surface area contributed by atoms with E-state index in [2.05, 4.69) is 27.2 Å². The van der Waals surface area contributed by atoms with Gasteiger partial charge in [0.1, 0.15) is 11.3 Å². The summed E-state index contributed by atoms with van der Waals surface area (Å²) >= 11 is 0. The summed E-state index contributed by atoms with van der Waals surface area (Å²) in [5.41, 5.74) is 0.937. The number of nitrogens with zero attached hydrogens (tertiary/aromatic N) is 2. The molecule has 2 aromatic rings. The number of hydrogen-bond acceptors (Lipinski definition) is 4. The van der Waals surface area contributed by atoms with E-state index in [4.69, 9.17) is 4.42 Å². The second kappa shape index (κ2) is 7.48. The van der Waals surface area contributed by atoms with Crippen LogP contribution >= 0.6 is 0 Å². The Morgan fingerprint density at radius 1 is 1.24 bits per heavy atom. The summed E-state index contributed by atoms with van der Waals surface area (Å²) in [4.78, 5) is 29.0. The Labute approximate surface area is 171 Å². The molecule has 4 atom stereocenters. The number of amides is 2. The number of hydrogen-bond donors (Lipinski definition) is 1. The number of rotatable bonds is 4. The number of fused-ring (bicyclic) bond motifs is 5. The minimum Gasteiger partial charge on any atom is -0.460 e. The van der Waals surface area contributed by atoms with E-state index in [0.29, 0.717) is 30.8 Å². The van der Waals surface area contributed by atoms with Gasteiger partial charge in [0, 0.05) is 44.4 Å². The summed E-state index contributed by atoms with van der Waals surface area (Å²) in [6, 6.07) is 10.7. The zero-order chi connectivity index (χ0) is 20.0. The summed E-state index contributed by atoms with van der Waals surface area (Å²) in [6.45, 7) is 4.86. The molecule has 4 heterocycles. The predicted octanol–water partition coefficient (Wildman–Crippen LogP) is 2.77. The summed E-state index contributed by atoms with van der Waals surface area (Å²) in [6.07, 6.45) is 3.86. The molecule has 3 saturated heterocycles. The Kier molecular flexibility index (Phi) is 4.82. The van der Waals surface area contributed by atoms with Gasteiger partial charge in [-0.15, -0.1) is 0 Å². The van der Waals surface area contributed by atoms with Gasteiger partial charge in [0.15, 0.2) is 0 Å². The molecule has 2 bridgehead atoms. The highest BCUT2D eigenvalue weighted by Crippen LogP contribution is 2.41. The molecule has 0 unspecified atom stereocenters. The number of nitrogens with one attached hydrogen (secondary N) is 1. The standard InChI is InChI=1S/C23H29N3O3/c1-15(27)24-11-21-18-9-17(20-6-4-8-23(28)26(20)21)12-25(13-18)14-19-10-16-5-2-3-7-22(16)29-19/h2-3,5,7,10,17-18,20-21H,4,6,8-9,11-14H2,1H3,(H,24,27)/t17-,18+,20+,21+/m1/s1. The molecule has 0 saturated carbocycles. The van der Waals surface area contributed by atoms with Gasteiger partial charge in [-0.3, -0.25) is 14.5 Å². The van der Waals surface area contributed by atoms with Crippen LogP contribution in [0.25, 0.3) is 11.0 Å². The first-order valence-corrected chi connectivity index (χ1v) is 10.8. The zero-order valence-corrected chi connectivity index (χ0v) is 17.0. The van der Waals surface area contributed by atoms with Crippen molar-refractivity contribution in [1.82, 2.24) is 15.1 Å². The van der Waals surface area contributed by atoms with Crippen LogP contribution < -0.4 is 5.32 Å². The lowest BCUT2D eigenvalue weighted by atomic mass is 9.72. The van der Waals surface area contributed by atoms with Gasteiger partial charge in [0.25, 0.3) is 0 Å². The molecular formula is C23H29N3O3. The molecule has 0 aliphatic carbocycles. The number of carbonyl (C=O) groups is 2. The maximum absolute atomic E-state index is 12.8. The van der Waals surface area contributed by atoms with E-state index in [1.165, 1.54) is 0 Å². The Balaban J connectivity index is 1.37. The van der Waals surface area contributed by atoms with Crippen molar-refractivity contribution < 1.29 is 14.0 Å². The summed E-state index contributed by atoms with van der Waals surface area (Å²) in [7, 11) is 0. The van der Waals surface area contributed by atoms with Gasteiger partial charge >= 0.3 is 0 Å². The number of para-hydroxylation sites is 1. The molecule has 1 aromatic heterocycles. The smallest absolute Gasteiger partial charge is 0.223 e. The van der Waals surface area contributed by atoms with Gasteiger partial charge in [0.2, 0.25) is 11.8 Å².